The lowest BCUT2D eigenvalue weighted by Crippen LogP contribution is -2.38. The molecule has 1 fully saturated rings. The standard InChI is InChI=1S/C12H15BrN6OS/c1-2-19-11(18-3-5-20-6-4-18)16-17-12(19)21-10-14-7-9(13)8-15-10/h7-8H,2-6H2,1H3. The Morgan fingerprint density at radius 1 is 1.24 bits per heavy atom. The van der Waals surface area contributed by atoms with Crippen LogP contribution in [0, 0.1) is 0 Å². The zero-order valence-electron chi connectivity index (χ0n) is 11.6. The first-order chi connectivity index (χ1) is 10.3. The molecule has 0 spiro atoms. The Labute approximate surface area is 135 Å². The molecule has 112 valence electrons. The van der Waals surface area contributed by atoms with Gasteiger partial charge in [0.25, 0.3) is 0 Å². The molecule has 0 saturated carbocycles. The highest BCUT2D eigenvalue weighted by molar-refractivity contribution is 9.10. The lowest BCUT2D eigenvalue weighted by Gasteiger charge is -2.27. The van der Waals surface area contributed by atoms with E-state index in [1.165, 1.54) is 11.8 Å². The van der Waals surface area contributed by atoms with Gasteiger partial charge >= 0.3 is 0 Å². The van der Waals surface area contributed by atoms with E-state index in [1.807, 2.05) is 0 Å². The van der Waals surface area contributed by atoms with Gasteiger partial charge < -0.3 is 9.64 Å². The van der Waals surface area contributed by atoms with Gasteiger partial charge in [0.2, 0.25) is 5.95 Å². The van der Waals surface area contributed by atoms with Gasteiger partial charge in [-0.2, -0.15) is 0 Å². The molecule has 2 aromatic heterocycles. The number of hydrogen-bond acceptors (Lipinski definition) is 7. The van der Waals surface area contributed by atoms with Crippen LogP contribution in [-0.2, 0) is 11.3 Å². The lowest BCUT2D eigenvalue weighted by atomic mass is 10.4. The quantitative estimate of drug-likeness (QED) is 0.760. The smallest absolute Gasteiger partial charge is 0.228 e. The molecule has 0 amide bonds. The molecule has 3 heterocycles. The Kier molecular flexibility index (Phi) is 4.71. The van der Waals surface area contributed by atoms with Crippen molar-refractivity contribution in [2.24, 2.45) is 0 Å². The minimum Gasteiger partial charge on any atom is -0.378 e. The second-order valence-electron chi connectivity index (χ2n) is 4.41. The van der Waals surface area contributed by atoms with Crippen molar-refractivity contribution in [1.29, 1.82) is 0 Å². The van der Waals surface area contributed by atoms with Crippen molar-refractivity contribution in [3.05, 3.63) is 16.9 Å². The molecule has 3 rings (SSSR count). The van der Waals surface area contributed by atoms with Crippen molar-refractivity contribution in [1.82, 2.24) is 24.7 Å². The summed E-state index contributed by atoms with van der Waals surface area (Å²) in [6, 6.07) is 0. The molecule has 0 unspecified atom stereocenters. The highest BCUT2D eigenvalue weighted by atomic mass is 79.9. The Hall–Kier alpha value is -1.19. The maximum absolute atomic E-state index is 5.38. The summed E-state index contributed by atoms with van der Waals surface area (Å²) in [7, 11) is 0. The minimum atomic E-state index is 0.661. The van der Waals surface area contributed by atoms with Crippen molar-refractivity contribution in [3.63, 3.8) is 0 Å². The van der Waals surface area contributed by atoms with Crippen LogP contribution in [0.3, 0.4) is 0 Å². The molecule has 0 aliphatic carbocycles. The average Bonchev–Trinajstić information content (AvgIpc) is 2.93. The third kappa shape index (κ3) is 3.35. The van der Waals surface area contributed by atoms with Crippen LogP contribution in [0.2, 0.25) is 0 Å². The van der Waals surface area contributed by atoms with Crippen molar-refractivity contribution in [2.45, 2.75) is 23.8 Å². The molecule has 7 nitrogen and oxygen atoms in total. The molecule has 1 aliphatic heterocycles. The largest absolute Gasteiger partial charge is 0.378 e. The van der Waals surface area contributed by atoms with E-state index in [0.717, 1.165) is 48.4 Å². The Balaban J connectivity index is 1.82. The monoisotopic (exact) mass is 370 g/mol. The van der Waals surface area contributed by atoms with Gasteiger partial charge in [-0.1, -0.05) is 0 Å². The highest BCUT2D eigenvalue weighted by Gasteiger charge is 2.20. The summed E-state index contributed by atoms with van der Waals surface area (Å²) in [4.78, 5) is 10.7. The number of hydrogen-bond donors (Lipinski definition) is 0. The van der Waals surface area contributed by atoms with Crippen LogP contribution in [0.25, 0.3) is 0 Å². The summed E-state index contributed by atoms with van der Waals surface area (Å²) in [5.74, 6) is 0.889. The van der Waals surface area contributed by atoms with E-state index in [4.69, 9.17) is 4.74 Å². The number of aromatic nitrogens is 5. The molecule has 9 heteroatoms. The topological polar surface area (TPSA) is 69.0 Å². The van der Waals surface area contributed by atoms with E-state index in [0.29, 0.717) is 5.16 Å². The van der Waals surface area contributed by atoms with Gasteiger partial charge in [-0.25, -0.2) is 9.97 Å². The zero-order chi connectivity index (χ0) is 14.7. The third-order valence-electron chi connectivity index (χ3n) is 3.09. The van der Waals surface area contributed by atoms with Crippen molar-refractivity contribution in [3.8, 4) is 0 Å². The van der Waals surface area contributed by atoms with Crippen LogP contribution in [0.5, 0.6) is 0 Å². The Morgan fingerprint density at radius 2 is 1.95 bits per heavy atom. The molecule has 21 heavy (non-hydrogen) atoms. The Morgan fingerprint density at radius 3 is 2.62 bits per heavy atom. The van der Waals surface area contributed by atoms with Gasteiger partial charge in [0, 0.05) is 32.0 Å². The molecule has 0 radical (unpaired) electrons. The summed E-state index contributed by atoms with van der Waals surface area (Å²) in [6.07, 6.45) is 3.45. The summed E-state index contributed by atoms with van der Waals surface area (Å²) >= 11 is 4.75. The normalized spacial score (nSPS) is 15.4. The molecular formula is C12H15BrN6OS. The first-order valence-corrected chi connectivity index (χ1v) is 8.30. The first kappa shape index (κ1) is 14.7. The van der Waals surface area contributed by atoms with Crippen LogP contribution < -0.4 is 4.90 Å². The second kappa shape index (κ2) is 6.71. The highest BCUT2D eigenvalue weighted by Crippen LogP contribution is 2.26. The number of rotatable bonds is 4. The molecular weight excluding hydrogens is 356 g/mol. The van der Waals surface area contributed by atoms with Crippen LogP contribution in [0.15, 0.2) is 27.2 Å². The van der Waals surface area contributed by atoms with Gasteiger partial charge in [-0.05, 0) is 34.6 Å². The minimum absolute atomic E-state index is 0.661. The fraction of sp³-hybridized carbons (Fsp3) is 0.500. The SMILES string of the molecule is CCn1c(Sc2ncc(Br)cn2)nnc1N1CCOCC1. The summed E-state index contributed by atoms with van der Waals surface area (Å²) in [6.45, 7) is 6.04. The van der Waals surface area contributed by atoms with E-state index >= 15 is 0 Å². The Bertz CT molecular complexity index is 598. The maximum Gasteiger partial charge on any atom is 0.228 e. The number of anilines is 1. The summed E-state index contributed by atoms with van der Waals surface area (Å²) < 4.78 is 8.32. The van der Waals surface area contributed by atoms with Gasteiger partial charge in [-0.3, -0.25) is 4.57 Å². The molecule has 0 atom stereocenters. The maximum atomic E-state index is 5.38. The van der Waals surface area contributed by atoms with Crippen LogP contribution >= 0.6 is 27.7 Å². The second-order valence-corrected chi connectivity index (χ2v) is 6.26. The van der Waals surface area contributed by atoms with Gasteiger partial charge in [0.05, 0.1) is 17.7 Å². The molecule has 0 bridgehead atoms. The fourth-order valence-electron chi connectivity index (χ4n) is 2.07. The van der Waals surface area contributed by atoms with Gasteiger partial charge in [-0.15, -0.1) is 10.2 Å². The zero-order valence-corrected chi connectivity index (χ0v) is 14.0. The van der Waals surface area contributed by atoms with Gasteiger partial charge in [0.1, 0.15) is 0 Å². The predicted octanol–water partition coefficient (Wildman–Crippen LogP) is 1.84. The van der Waals surface area contributed by atoms with Crippen molar-refractivity contribution in [2.75, 3.05) is 31.2 Å². The number of ether oxygens (including phenoxy) is 1. The third-order valence-corrected chi connectivity index (χ3v) is 4.37. The summed E-state index contributed by atoms with van der Waals surface area (Å²) in [5.41, 5.74) is 0. The fourth-order valence-corrected chi connectivity index (χ4v) is 3.05. The number of nitrogens with zero attached hydrogens (tertiary/aromatic N) is 6. The summed E-state index contributed by atoms with van der Waals surface area (Å²) in [5, 5.41) is 10.1. The first-order valence-electron chi connectivity index (χ1n) is 6.69. The molecule has 0 aromatic carbocycles. The number of morpholine rings is 1. The van der Waals surface area contributed by atoms with E-state index in [-0.39, 0.29) is 0 Å². The van der Waals surface area contributed by atoms with Crippen LogP contribution in [0.1, 0.15) is 6.92 Å². The molecule has 1 aliphatic rings. The lowest BCUT2D eigenvalue weighted by molar-refractivity contribution is 0.121. The van der Waals surface area contributed by atoms with E-state index in [1.54, 1.807) is 12.4 Å². The van der Waals surface area contributed by atoms with Crippen molar-refractivity contribution < 1.29 is 4.74 Å². The van der Waals surface area contributed by atoms with Crippen LogP contribution in [-0.4, -0.2) is 51.0 Å². The van der Waals surface area contributed by atoms with E-state index in [9.17, 15) is 0 Å². The molecule has 0 N–H and O–H groups in total. The van der Waals surface area contributed by atoms with E-state index in [2.05, 4.69) is 52.5 Å². The van der Waals surface area contributed by atoms with Crippen LogP contribution in [0.4, 0.5) is 5.95 Å². The van der Waals surface area contributed by atoms with Crippen molar-refractivity contribution >= 4 is 33.6 Å². The van der Waals surface area contributed by atoms with Gasteiger partial charge in [0.15, 0.2) is 10.3 Å². The van der Waals surface area contributed by atoms with E-state index < -0.39 is 0 Å². The molecule has 2 aromatic rings. The predicted molar refractivity (Wildman–Crippen MR) is 82.6 cm³/mol. The molecule has 1 saturated heterocycles. The number of halogens is 1. The average molecular weight is 371 g/mol.